The maximum atomic E-state index is 5.32. The summed E-state index contributed by atoms with van der Waals surface area (Å²) in [6.07, 6.45) is 2.02. The largest absolute Gasteiger partial charge is 0.333 e. The van der Waals surface area contributed by atoms with Gasteiger partial charge in [-0.1, -0.05) is 167 Å². The molecule has 2 heterocycles. The normalized spacial score (nSPS) is 11.6. The van der Waals surface area contributed by atoms with Gasteiger partial charge in [-0.25, -0.2) is 0 Å². The predicted molar refractivity (Wildman–Crippen MR) is 263 cm³/mol. The van der Waals surface area contributed by atoms with Gasteiger partial charge in [-0.3, -0.25) is 4.98 Å². The molecule has 62 heavy (non-hydrogen) atoms. The molecule has 0 saturated carbocycles. The molecule has 5 heteroatoms. The van der Waals surface area contributed by atoms with E-state index in [1.165, 1.54) is 65.4 Å². The van der Waals surface area contributed by atoms with Gasteiger partial charge < -0.3 is 9.55 Å². The molecular formula is C57H51IrN3Si-2. The van der Waals surface area contributed by atoms with Crippen LogP contribution in [0.15, 0.2) is 170 Å². The summed E-state index contributed by atoms with van der Waals surface area (Å²) in [6.45, 7) is 16.2. The van der Waals surface area contributed by atoms with E-state index in [9.17, 15) is 0 Å². The van der Waals surface area contributed by atoms with E-state index in [2.05, 4.69) is 209 Å². The summed E-state index contributed by atoms with van der Waals surface area (Å²) in [4.78, 5) is 9.84. The quantitative estimate of drug-likeness (QED) is 0.0905. The summed E-state index contributed by atoms with van der Waals surface area (Å²) in [5.74, 6) is 1.55. The number of rotatable bonds is 7. The average molecular weight is 998 g/mol. The Labute approximate surface area is 380 Å². The molecule has 3 nitrogen and oxygen atoms in total. The first-order valence-electron chi connectivity index (χ1n) is 21.5. The van der Waals surface area contributed by atoms with Crippen molar-refractivity contribution in [1.29, 1.82) is 0 Å². The van der Waals surface area contributed by atoms with Crippen LogP contribution in [0.3, 0.4) is 0 Å². The SMILES string of the molecule is CC(C)c1cc(-c2ccccc2)cc(C(C)C)c1-n1c(-c2[c-]cc3c4ccccc4c4ccccc4c3c2)nc2ccccc21.C[Si](C)(C)c1ccc(-c2[c-]cccc2)nc1.[Ir]. The summed E-state index contributed by atoms with van der Waals surface area (Å²) in [5, 5.41) is 8.89. The molecule has 0 unspecified atom stereocenters. The Morgan fingerprint density at radius 2 is 1.11 bits per heavy atom. The number of imidazole rings is 1. The Kier molecular flexibility index (Phi) is 12.3. The van der Waals surface area contributed by atoms with Crippen LogP contribution in [0.4, 0.5) is 0 Å². The summed E-state index contributed by atoms with van der Waals surface area (Å²) >= 11 is 0. The third kappa shape index (κ3) is 8.21. The van der Waals surface area contributed by atoms with Gasteiger partial charge in [-0.15, -0.1) is 59.7 Å². The van der Waals surface area contributed by atoms with Crippen molar-refractivity contribution in [2.75, 3.05) is 0 Å². The van der Waals surface area contributed by atoms with E-state index in [-0.39, 0.29) is 20.1 Å². The smallest absolute Gasteiger partial charge is 0.0795 e. The topological polar surface area (TPSA) is 30.7 Å². The number of aromatic nitrogens is 3. The summed E-state index contributed by atoms with van der Waals surface area (Å²) in [6, 6.07) is 65.2. The van der Waals surface area contributed by atoms with Crippen LogP contribution in [0, 0.1) is 12.1 Å². The molecule has 0 bridgehead atoms. The molecule has 0 aliphatic heterocycles. The van der Waals surface area contributed by atoms with Crippen LogP contribution in [0.1, 0.15) is 50.7 Å². The predicted octanol–water partition coefficient (Wildman–Crippen LogP) is 15.0. The minimum Gasteiger partial charge on any atom is -0.333 e. The molecule has 0 aliphatic rings. The number of nitrogens with zero attached hydrogens (tertiary/aromatic N) is 3. The molecular weight excluding hydrogens is 947 g/mol. The Morgan fingerprint density at radius 3 is 1.69 bits per heavy atom. The van der Waals surface area contributed by atoms with Crippen molar-refractivity contribution in [2.24, 2.45) is 0 Å². The zero-order valence-corrected chi connectivity index (χ0v) is 39.9. The fourth-order valence-corrected chi connectivity index (χ4v) is 9.61. The first-order chi connectivity index (χ1) is 29.6. The van der Waals surface area contributed by atoms with Crippen LogP contribution in [0.25, 0.3) is 82.8 Å². The second-order valence-corrected chi connectivity index (χ2v) is 22.7. The van der Waals surface area contributed by atoms with Gasteiger partial charge in [0.2, 0.25) is 0 Å². The van der Waals surface area contributed by atoms with Crippen LogP contribution in [0.2, 0.25) is 19.6 Å². The molecule has 309 valence electrons. The van der Waals surface area contributed by atoms with Gasteiger partial charge in [-0.05, 0) is 85.4 Å². The molecule has 2 aromatic heterocycles. The Morgan fingerprint density at radius 1 is 0.532 bits per heavy atom. The molecule has 0 aliphatic carbocycles. The van der Waals surface area contributed by atoms with Crippen molar-refractivity contribution in [3.8, 4) is 39.5 Å². The van der Waals surface area contributed by atoms with Crippen molar-refractivity contribution in [1.82, 2.24) is 14.5 Å². The summed E-state index contributed by atoms with van der Waals surface area (Å²) in [7, 11) is -1.23. The minimum atomic E-state index is -1.23. The summed E-state index contributed by atoms with van der Waals surface area (Å²) < 4.78 is 2.41. The molecule has 10 aromatic rings. The average Bonchev–Trinajstić information content (AvgIpc) is 3.68. The number of para-hydroxylation sites is 2. The monoisotopic (exact) mass is 998 g/mol. The van der Waals surface area contributed by atoms with Crippen molar-refractivity contribution in [3.63, 3.8) is 0 Å². The van der Waals surface area contributed by atoms with Gasteiger partial charge in [0.15, 0.2) is 0 Å². The van der Waals surface area contributed by atoms with Crippen LogP contribution in [-0.2, 0) is 20.1 Å². The molecule has 0 amide bonds. The van der Waals surface area contributed by atoms with E-state index in [1.807, 2.05) is 30.5 Å². The minimum absolute atomic E-state index is 0. The fourth-order valence-electron chi connectivity index (χ4n) is 8.57. The van der Waals surface area contributed by atoms with E-state index in [1.54, 1.807) is 0 Å². The van der Waals surface area contributed by atoms with Gasteiger partial charge in [-0.2, -0.15) is 0 Å². The van der Waals surface area contributed by atoms with Crippen LogP contribution in [0.5, 0.6) is 0 Å². The van der Waals surface area contributed by atoms with E-state index >= 15 is 0 Å². The number of hydrogen-bond acceptors (Lipinski definition) is 2. The summed E-state index contributed by atoms with van der Waals surface area (Å²) in [5.41, 5.74) is 11.5. The number of pyridine rings is 1. The number of hydrogen-bond donors (Lipinski definition) is 0. The van der Waals surface area contributed by atoms with Crippen molar-refractivity contribution in [2.45, 2.75) is 59.2 Å². The zero-order chi connectivity index (χ0) is 42.3. The van der Waals surface area contributed by atoms with Crippen LogP contribution < -0.4 is 5.19 Å². The van der Waals surface area contributed by atoms with Crippen LogP contribution in [-0.4, -0.2) is 22.6 Å². The number of benzene rings is 8. The molecule has 10 rings (SSSR count). The Hall–Kier alpha value is -5.97. The van der Waals surface area contributed by atoms with E-state index in [0.29, 0.717) is 11.8 Å². The zero-order valence-electron chi connectivity index (χ0n) is 36.5. The third-order valence-electron chi connectivity index (χ3n) is 11.8. The van der Waals surface area contributed by atoms with E-state index in [4.69, 9.17) is 4.98 Å². The van der Waals surface area contributed by atoms with Crippen molar-refractivity contribution < 1.29 is 20.1 Å². The van der Waals surface area contributed by atoms with E-state index in [0.717, 1.165) is 33.7 Å². The van der Waals surface area contributed by atoms with Crippen molar-refractivity contribution >= 4 is 56.6 Å². The van der Waals surface area contributed by atoms with Gasteiger partial charge in [0.1, 0.15) is 0 Å². The fraction of sp³-hybridized carbons (Fsp3) is 0.158. The first kappa shape index (κ1) is 42.7. The van der Waals surface area contributed by atoms with Gasteiger partial charge >= 0.3 is 0 Å². The maximum Gasteiger partial charge on any atom is 0.0795 e. The number of fused-ring (bicyclic) bond motifs is 7. The Bertz CT molecular complexity index is 3100. The molecule has 8 aromatic carbocycles. The molecule has 0 fully saturated rings. The molecule has 0 saturated heterocycles. The molecule has 0 atom stereocenters. The third-order valence-corrected chi connectivity index (χ3v) is 13.9. The van der Waals surface area contributed by atoms with Gasteiger partial charge in [0, 0.05) is 32.0 Å². The standard InChI is InChI=1S/C43H35N2.C14H16NSi.Ir/c1-27(2)37-25-31(29-14-6-5-7-15-29)26-38(28(3)4)42(37)45-41-21-13-12-20-40(41)44-43(45)30-22-23-36-34-18-9-8-16-32(34)33-17-10-11-19-35(33)39(36)24-30;1-16(2,3)13-9-10-14(15-11-13)12-7-5-4-6-8-12;/h5-21,23-28H,1-4H3;4-7,9-11H,1-3H3;/q2*-1;. The Balaban J connectivity index is 0.000000263. The maximum absolute atomic E-state index is 5.32. The molecule has 1 radical (unpaired) electrons. The first-order valence-corrected chi connectivity index (χ1v) is 25.0. The van der Waals surface area contributed by atoms with Crippen molar-refractivity contribution in [3.05, 3.63) is 193 Å². The molecule has 0 spiro atoms. The second-order valence-electron chi connectivity index (χ2n) is 17.7. The second kappa shape index (κ2) is 17.8. The van der Waals surface area contributed by atoms with E-state index < -0.39 is 8.07 Å². The molecule has 0 N–H and O–H groups in total. The van der Waals surface area contributed by atoms with Crippen LogP contribution >= 0.6 is 0 Å². The van der Waals surface area contributed by atoms with Gasteiger partial charge in [0.05, 0.1) is 24.9 Å². The van der Waals surface area contributed by atoms with Gasteiger partial charge in [0.25, 0.3) is 0 Å².